The summed E-state index contributed by atoms with van der Waals surface area (Å²) in [4.78, 5) is 4.44. The van der Waals surface area contributed by atoms with E-state index in [-0.39, 0.29) is 6.04 Å². The summed E-state index contributed by atoms with van der Waals surface area (Å²) in [5.74, 6) is 1.87. The van der Waals surface area contributed by atoms with Gasteiger partial charge in [-0.25, -0.2) is 0 Å². The SMILES string of the molecule is Cc1ccc(C(C)Nc2cnc3ccccc3c2)o1. The molecule has 1 unspecified atom stereocenters. The fraction of sp³-hybridized carbons (Fsp3) is 0.188. The minimum Gasteiger partial charge on any atom is -0.464 e. The number of pyridine rings is 1. The highest BCUT2D eigenvalue weighted by Crippen LogP contribution is 2.22. The van der Waals surface area contributed by atoms with Crippen molar-refractivity contribution in [2.45, 2.75) is 19.9 Å². The van der Waals surface area contributed by atoms with E-state index >= 15 is 0 Å². The number of aryl methyl sites for hydroxylation is 1. The molecule has 19 heavy (non-hydrogen) atoms. The van der Waals surface area contributed by atoms with Crippen molar-refractivity contribution in [2.24, 2.45) is 0 Å². The molecule has 1 aromatic carbocycles. The zero-order valence-corrected chi connectivity index (χ0v) is 11.1. The average Bonchev–Trinajstić information content (AvgIpc) is 2.85. The van der Waals surface area contributed by atoms with Crippen LogP contribution in [0.25, 0.3) is 10.9 Å². The Labute approximate surface area is 112 Å². The third kappa shape index (κ3) is 2.45. The molecule has 0 fully saturated rings. The van der Waals surface area contributed by atoms with Crippen LogP contribution in [0, 0.1) is 6.92 Å². The third-order valence-electron chi connectivity index (χ3n) is 3.16. The maximum absolute atomic E-state index is 5.62. The van der Waals surface area contributed by atoms with Crippen molar-refractivity contribution in [2.75, 3.05) is 5.32 Å². The van der Waals surface area contributed by atoms with Crippen LogP contribution in [0.3, 0.4) is 0 Å². The molecule has 0 bridgehead atoms. The maximum Gasteiger partial charge on any atom is 0.126 e. The van der Waals surface area contributed by atoms with E-state index in [4.69, 9.17) is 4.42 Å². The largest absolute Gasteiger partial charge is 0.464 e. The number of aromatic nitrogens is 1. The van der Waals surface area contributed by atoms with E-state index in [0.29, 0.717) is 0 Å². The number of hydrogen-bond acceptors (Lipinski definition) is 3. The Morgan fingerprint density at radius 1 is 1.16 bits per heavy atom. The fourth-order valence-corrected chi connectivity index (χ4v) is 2.16. The highest BCUT2D eigenvalue weighted by Gasteiger charge is 2.09. The summed E-state index contributed by atoms with van der Waals surface area (Å²) in [6, 6.07) is 14.3. The average molecular weight is 252 g/mol. The van der Waals surface area contributed by atoms with Crippen LogP contribution in [0.1, 0.15) is 24.5 Å². The Bertz CT molecular complexity index is 703. The zero-order chi connectivity index (χ0) is 13.2. The molecule has 3 heteroatoms. The maximum atomic E-state index is 5.62. The summed E-state index contributed by atoms with van der Waals surface area (Å²) in [6.45, 7) is 4.03. The van der Waals surface area contributed by atoms with Crippen LogP contribution < -0.4 is 5.32 Å². The molecule has 1 atom stereocenters. The molecule has 2 heterocycles. The van der Waals surface area contributed by atoms with Gasteiger partial charge in [0.05, 0.1) is 23.4 Å². The minimum atomic E-state index is 0.122. The molecule has 0 amide bonds. The Kier molecular flexibility index (Phi) is 2.95. The first-order chi connectivity index (χ1) is 9.22. The number of nitrogens with one attached hydrogen (secondary N) is 1. The van der Waals surface area contributed by atoms with Crippen molar-refractivity contribution in [3.63, 3.8) is 0 Å². The van der Waals surface area contributed by atoms with Gasteiger partial charge in [0.25, 0.3) is 0 Å². The molecule has 2 aromatic heterocycles. The van der Waals surface area contributed by atoms with E-state index in [2.05, 4.69) is 29.4 Å². The quantitative estimate of drug-likeness (QED) is 0.754. The fourth-order valence-electron chi connectivity index (χ4n) is 2.16. The van der Waals surface area contributed by atoms with E-state index in [1.54, 1.807) is 0 Å². The van der Waals surface area contributed by atoms with Crippen LogP contribution in [-0.4, -0.2) is 4.98 Å². The number of anilines is 1. The molecule has 0 aliphatic heterocycles. The molecule has 0 spiro atoms. The Morgan fingerprint density at radius 3 is 2.79 bits per heavy atom. The first-order valence-electron chi connectivity index (χ1n) is 6.40. The van der Waals surface area contributed by atoms with Crippen molar-refractivity contribution in [3.8, 4) is 0 Å². The second-order valence-electron chi connectivity index (χ2n) is 4.73. The summed E-state index contributed by atoms with van der Waals surface area (Å²) in [7, 11) is 0. The number of hydrogen-bond donors (Lipinski definition) is 1. The first-order valence-corrected chi connectivity index (χ1v) is 6.40. The minimum absolute atomic E-state index is 0.122. The van der Waals surface area contributed by atoms with Gasteiger partial charge in [0, 0.05) is 5.39 Å². The smallest absolute Gasteiger partial charge is 0.126 e. The number of para-hydroxylation sites is 1. The molecule has 0 radical (unpaired) electrons. The van der Waals surface area contributed by atoms with Gasteiger partial charge in [-0.2, -0.15) is 0 Å². The second-order valence-corrected chi connectivity index (χ2v) is 4.73. The van der Waals surface area contributed by atoms with Gasteiger partial charge in [-0.3, -0.25) is 4.98 Å². The summed E-state index contributed by atoms with van der Waals surface area (Å²) in [6.07, 6.45) is 1.86. The van der Waals surface area contributed by atoms with Crippen molar-refractivity contribution in [3.05, 3.63) is 60.2 Å². The van der Waals surface area contributed by atoms with E-state index in [1.165, 1.54) is 0 Å². The van der Waals surface area contributed by atoms with Gasteiger partial charge in [0.2, 0.25) is 0 Å². The summed E-state index contributed by atoms with van der Waals surface area (Å²) in [5, 5.41) is 4.54. The Hall–Kier alpha value is -2.29. The van der Waals surface area contributed by atoms with E-state index < -0.39 is 0 Å². The topological polar surface area (TPSA) is 38.1 Å². The number of benzene rings is 1. The summed E-state index contributed by atoms with van der Waals surface area (Å²) >= 11 is 0. The van der Waals surface area contributed by atoms with Crippen LogP contribution in [0.4, 0.5) is 5.69 Å². The third-order valence-corrected chi connectivity index (χ3v) is 3.16. The predicted octanol–water partition coefficient (Wildman–Crippen LogP) is 4.31. The normalized spacial score (nSPS) is 12.5. The second kappa shape index (κ2) is 4.76. The molecule has 0 aliphatic rings. The van der Waals surface area contributed by atoms with Crippen LogP contribution >= 0.6 is 0 Å². The number of rotatable bonds is 3. The van der Waals surface area contributed by atoms with E-state index in [1.807, 2.05) is 43.5 Å². The van der Waals surface area contributed by atoms with Crippen LogP contribution in [0.5, 0.6) is 0 Å². The first kappa shape index (κ1) is 11.8. The summed E-state index contributed by atoms with van der Waals surface area (Å²) in [5.41, 5.74) is 2.01. The van der Waals surface area contributed by atoms with E-state index in [9.17, 15) is 0 Å². The zero-order valence-electron chi connectivity index (χ0n) is 11.1. The molecule has 0 saturated heterocycles. The highest BCUT2D eigenvalue weighted by atomic mass is 16.3. The number of fused-ring (bicyclic) bond motifs is 1. The standard InChI is InChI=1S/C16H16N2O/c1-11-7-8-16(19-11)12(2)18-14-9-13-5-3-4-6-15(13)17-10-14/h3-10,12,18H,1-2H3. The van der Waals surface area contributed by atoms with Crippen LogP contribution in [-0.2, 0) is 0 Å². The van der Waals surface area contributed by atoms with Gasteiger partial charge in [0.15, 0.2) is 0 Å². The van der Waals surface area contributed by atoms with E-state index in [0.717, 1.165) is 28.1 Å². The molecular weight excluding hydrogens is 236 g/mol. The lowest BCUT2D eigenvalue weighted by Gasteiger charge is -2.13. The van der Waals surface area contributed by atoms with Gasteiger partial charge in [-0.1, -0.05) is 18.2 Å². The molecule has 0 aliphatic carbocycles. The van der Waals surface area contributed by atoms with Crippen molar-refractivity contribution in [1.82, 2.24) is 4.98 Å². The molecule has 3 nitrogen and oxygen atoms in total. The molecule has 1 N–H and O–H groups in total. The molecule has 3 aromatic rings. The molecule has 0 saturated carbocycles. The monoisotopic (exact) mass is 252 g/mol. The van der Waals surface area contributed by atoms with Gasteiger partial charge in [0.1, 0.15) is 11.5 Å². The lowest BCUT2D eigenvalue weighted by atomic mass is 10.2. The molecule has 96 valence electrons. The number of furan rings is 1. The Morgan fingerprint density at radius 2 is 2.00 bits per heavy atom. The van der Waals surface area contributed by atoms with Crippen molar-refractivity contribution in [1.29, 1.82) is 0 Å². The van der Waals surface area contributed by atoms with Gasteiger partial charge in [-0.15, -0.1) is 0 Å². The lowest BCUT2D eigenvalue weighted by Crippen LogP contribution is -2.05. The molecule has 3 rings (SSSR count). The van der Waals surface area contributed by atoms with Gasteiger partial charge in [-0.05, 0) is 38.1 Å². The molecular formula is C16H16N2O. The van der Waals surface area contributed by atoms with Crippen LogP contribution in [0.2, 0.25) is 0 Å². The van der Waals surface area contributed by atoms with Crippen molar-refractivity contribution >= 4 is 16.6 Å². The number of nitrogens with zero attached hydrogens (tertiary/aromatic N) is 1. The van der Waals surface area contributed by atoms with Gasteiger partial charge < -0.3 is 9.73 Å². The van der Waals surface area contributed by atoms with Crippen LogP contribution in [0.15, 0.2) is 53.1 Å². The Balaban J connectivity index is 1.84. The van der Waals surface area contributed by atoms with Gasteiger partial charge >= 0.3 is 0 Å². The summed E-state index contributed by atoms with van der Waals surface area (Å²) < 4.78 is 5.62. The van der Waals surface area contributed by atoms with Crippen molar-refractivity contribution < 1.29 is 4.42 Å². The predicted molar refractivity (Wildman–Crippen MR) is 77.2 cm³/mol. The lowest BCUT2D eigenvalue weighted by molar-refractivity contribution is 0.467. The highest BCUT2D eigenvalue weighted by molar-refractivity contribution is 5.81.